The van der Waals surface area contributed by atoms with Crippen LogP contribution in [0, 0.1) is 5.82 Å². The van der Waals surface area contributed by atoms with Gasteiger partial charge in [0.15, 0.2) is 0 Å². The van der Waals surface area contributed by atoms with E-state index in [0.29, 0.717) is 41.7 Å². The van der Waals surface area contributed by atoms with E-state index in [4.69, 9.17) is 9.15 Å². The molecule has 1 aromatic heterocycles. The predicted octanol–water partition coefficient (Wildman–Crippen LogP) is 3.90. The Hall–Kier alpha value is -3.22. The van der Waals surface area contributed by atoms with E-state index in [9.17, 15) is 9.18 Å². The van der Waals surface area contributed by atoms with Gasteiger partial charge in [-0.25, -0.2) is 4.39 Å². The molecule has 1 fully saturated rings. The molecule has 0 saturated carbocycles. The number of carbonyl (C=O) groups is 1. The van der Waals surface area contributed by atoms with Crippen LogP contribution < -0.4 is 4.74 Å². The molecule has 144 valence electrons. The summed E-state index contributed by atoms with van der Waals surface area (Å²) in [4.78, 5) is 14.6. The van der Waals surface area contributed by atoms with Crippen LogP contribution in [0.15, 0.2) is 52.9 Å². The van der Waals surface area contributed by atoms with Crippen molar-refractivity contribution in [2.24, 2.45) is 0 Å². The number of rotatable bonds is 4. The lowest BCUT2D eigenvalue weighted by atomic mass is 9.96. The maximum atomic E-state index is 13.1. The third-order valence-electron chi connectivity index (χ3n) is 5.00. The van der Waals surface area contributed by atoms with Gasteiger partial charge >= 0.3 is 0 Å². The topological polar surface area (TPSA) is 68.5 Å². The van der Waals surface area contributed by atoms with Crippen molar-refractivity contribution in [3.63, 3.8) is 0 Å². The minimum absolute atomic E-state index is 0.0339. The Labute approximate surface area is 161 Å². The highest BCUT2D eigenvalue weighted by molar-refractivity contribution is 5.97. The zero-order valence-electron chi connectivity index (χ0n) is 15.5. The molecule has 0 spiro atoms. The molecule has 0 unspecified atom stereocenters. The average Bonchev–Trinajstić information content (AvgIpc) is 3.24. The number of halogens is 1. The first-order chi connectivity index (χ1) is 13.7. The quantitative estimate of drug-likeness (QED) is 0.686. The maximum Gasteiger partial charge on any atom is 0.257 e. The zero-order chi connectivity index (χ0) is 19.5. The van der Waals surface area contributed by atoms with Gasteiger partial charge in [-0.3, -0.25) is 4.79 Å². The first-order valence-corrected chi connectivity index (χ1v) is 9.17. The van der Waals surface area contributed by atoms with Gasteiger partial charge in [0, 0.05) is 24.6 Å². The fourth-order valence-electron chi connectivity index (χ4n) is 3.43. The Kier molecular flexibility index (Phi) is 5.06. The molecule has 1 aliphatic heterocycles. The molecule has 1 saturated heterocycles. The molecule has 1 amide bonds. The highest BCUT2D eigenvalue weighted by Crippen LogP contribution is 2.30. The number of likely N-dealkylation sites (tertiary alicyclic amines) is 1. The number of benzene rings is 2. The molecule has 0 bridgehead atoms. The molecule has 28 heavy (non-hydrogen) atoms. The highest BCUT2D eigenvalue weighted by Gasteiger charge is 2.29. The van der Waals surface area contributed by atoms with Crippen LogP contribution in [0.5, 0.6) is 5.75 Å². The van der Waals surface area contributed by atoms with Crippen molar-refractivity contribution >= 4 is 5.91 Å². The van der Waals surface area contributed by atoms with Gasteiger partial charge in [0.1, 0.15) is 11.6 Å². The van der Waals surface area contributed by atoms with E-state index in [2.05, 4.69) is 10.2 Å². The number of carbonyl (C=O) groups excluding carboxylic acids is 1. The number of aromatic nitrogens is 2. The van der Waals surface area contributed by atoms with Crippen molar-refractivity contribution in [3.8, 4) is 17.2 Å². The van der Waals surface area contributed by atoms with Gasteiger partial charge in [-0.1, -0.05) is 12.1 Å². The van der Waals surface area contributed by atoms with E-state index in [-0.39, 0.29) is 17.6 Å². The Morgan fingerprint density at radius 2 is 1.82 bits per heavy atom. The van der Waals surface area contributed by atoms with Crippen molar-refractivity contribution in [3.05, 3.63) is 65.8 Å². The molecule has 6 nitrogen and oxygen atoms in total. The summed E-state index contributed by atoms with van der Waals surface area (Å²) in [5.41, 5.74) is 1.25. The summed E-state index contributed by atoms with van der Waals surface area (Å²) in [5.74, 6) is 1.27. The number of methoxy groups -OCH3 is 1. The summed E-state index contributed by atoms with van der Waals surface area (Å²) in [7, 11) is 1.56. The van der Waals surface area contributed by atoms with E-state index in [1.807, 2.05) is 17.0 Å². The number of hydrogen-bond acceptors (Lipinski definition) is 5. The first-order valence-electron chi connectivity index (χ1n) is 9.17. The number of amides is 1. The van der Waals surface area contributed by atoms with Crippen molar-refractivity contribution in [1.82, 2.24) is 15.1 Å². The summed E-state index contributed by atoms with van der Waals surface area (Å²) >= 11 is 0. The van der Waals surface area contributed by atoms with Gasteiger partial charge in [0.05, 0.1) is 12.7 Å². The summed E-state index contributed by atoms with van der Waals surface area (Å²) < 4.78 is 24.2. The van der Waals surface area contributed by atoms with Gasteiger partial charge in [0.2, 0.25) is 11.8 Å². The lowest BCUT2D eigenvalue weighted by Gasteiger charge is -2.30. The minimum Gasteiger partial charge on any atom is -0.496 e. The molecule has 2 heterocycles. The normalized spacial score (nSPS) is 14.9. The number of piperidine rings is 1. The average molecular weight is 381 g/mol. The number of para-hydroxylation sites is 1. The smallest absolute Gasteiger partial charge is 0.257 e. The van der Waals surface area contributed by atoms with Gasteiger partial charge in [0.25, 0.3) is 5.91 Å². The molecule has 0 radical (unpaired) electrons. The summed E-state index contributed by atoms with van der Waals surface area (Å²) in [6.07, 6.45) is 1.48. The molecular formula is C21H20FN3O3. The fourth-order valence-corrected chi connectivity index (χ4v) is 3.43. The maximum absolute atomic E-state index is 13.1. The third kappa shape index (κ3) is 3.60. The van der Waals surface area contributed by atoms with Crippen molar-refractivity contribution in [2.75, 3.05) is 20.2 Å². The molecule has 0 atom stereocenters. The van der Waals surface area contributed by atoms with Crippen LogP contribution in [0.1, 0.15) is 35.0 Å². The SMILES string of the molecule is COc1ccccc1C(=O)N1CCC(c2nnc(-c3ccc(F)cc3)o2)CC1. The standard InChI is InChI=1S/C21H20FN3O3/c1-27-18-5-3-2-4-17(18)21(26)25-12-10-15(11-13-25)20-24-23-19(28-20)14-6-8-16(22)9-7-14/h2-9,15H,10-13H2,1H3. The molecular weight excluding hydrogens is 361 g/mol. The largest absolute Gasteiger partial charge is 0.496 e. The zero-order valence-corrected chi connectivity index (χ0v) is 15.5. The Morgan fingerprint density at radius 3 is 2.54 bits per heavy atom. The monoisotopic (exact) mass is 381 g/mol. The fraction of sp³-hybridized carbons (Fsp3) is 0.286. The lowest BCUT2D eigenvalue weighted by Crippen LogP contribution is -2.38. The molecule has 4 rings (SSSR count). The highest BCUT2D eigenvalue weighted by atomic mass is 19.1. The van der Waals surface area contributed by atoms with Crippen LogP contribution in [0.2, 0.25) is 0 Å². The van der Waals surface area contributed by atoms with E-state index < -0.39 is 0 Å². The van der Waals surface area contributed by atoms with Gasteiger partial charge in [-0.2, -0.15) is 0 Å². The lowest BCUT2D eigenvalue weighted by molar-refractivity contribution is 0.0703. The number of ether oxygens (including phenoxy) is 1. The van der Waals surface area contributed by atoms with E-state index in [1.165, 1.54) is 12.1 Å². The second kappa shape index (κ2) is 7.80. The second-order valence-corrected chi connectivity index (χ2v) is 6.72. The van der Waals surface area contributed by atoms with Crippen LogP contribution >= 0.6 is 0 Å². The molecule has 7 heteroatoms. The van der Waals surface area contributed by atoms with Crippen LogP contribution in [0.4, 0.5) is 4.39 Å². The first kappa shape index (κ1) is 18.2. The van der Waals surface area contributed by atoms with E-state index in [1.54, 1.807) is 31.4 Å². The van der Waals surface area contributed by atoms with Gasteiger partial charge in [-0.05, 0) is 49.2 Å². The molecule has 0 N–H and O–H groups in total. The van der Waals surface area contributed by atoms with Crippen molar-refractivity contribution < 1.29 is 18.3 Å². The van der Waals surface area contributed by atoms with Crippen LogP contribution in [0.25, 0.3) is 11.5 Å². The number of hydrogen-bond donors (Lipinski definition) is 0. The minimum atomic E-state index is -0.310. The second-order valence-electron chi connectivity index (χ2n) is 6.72. The summed E-state index contributed by atoms with van der Waals surface area (Å²) in [6, 6.07) is 13.2. The Bertz CT molecular complexity index is 963. The van der Waals surface area contributed by atoms with Crippen molar-refractivity contribution in [1.29, 1.82) is 0 Å². The number of nitrogens with zero attached hydrogens (tertiary/aromatic N) is 3. The summed E-state index contributed by atoms with van der Waals surface area (Å²) in [5, 5.41) is 8.24. The molecule has 1 aliphatic rings. The van der Waals surface area contributed by atoms with E-state index >= 15 is 0 Å². The Balaban J connectivity index is 1.42. The molecule has 0 aliphatic carbocycles. The summed E-state index contributed by atoms with van der Waals surface area (Å²) in [6.45, 7) is 1.21. The van der Waals surface area contributed by atoms with E-state index in [0.717, 1.165) is 12.8 Å². The molecule has 3 aromatic rings. The van der Waals surface area contributed by atoms with Crippen molar-refractivity contribution in [2.45, 2.75) is 18.8 Å². The van der Waals surface area contributed by atoms with Crippen LogP contribution in [-0.2, 0) is 0 Å². The third-order valence-corrected chi connectivity index (χ3v) is 5.00. The molecule has 2 aromatic carbocycles. The van der Waals surface area contributed by atoms with Crippen LogP contribution in [0.3, 0.4) is 0 Å². The van der Waals surface area contributed by atoms with Gasteiger partial charge in [-0.15, -0.1) is 10.2 Å². The Morgan fingerprint density at radius 1 is 1.11 bits per heavy atom. The predicted molar refractivity (Wildman–Crippen MR) is 101 cm³/mol. The van der Waals surface area contributed by atoms with Crippen LogP contribution in [-0.4, -0.2) is 41.2 Å². The van der Waals surface area contributed by atoms with Gasteiger partial charge < -0.3 is 14.1 Å².